The monoisotopic (exact) mass is 1720 g/mol. The van der Waals surface area contributed by atoms with Gasteiger partial charge in [0.2, 0.25) is 27.2 Å². The number of nitrogens with one attached hydrogen (secondary N) is 4. The van der Waals surface area contributed by atoms with Crippen molar-refractivity contribution in [1.82, 2.24) is 29.9 Å². The van der Waals surface area contributed by atoms with Gasteiger partial charge in [0, 0.05) is 99.6 Å². The lowest BCUT2D eigenvalue weighted by molar-refractivity contribution is 0.101. The molecule has 0 bridgehead atoms. The van der Waals surface area contributed by atoms with E-state index in [2.05, 4.69) is 115 Å². The van der Waals surface area contributed by atoms with E-state index in [4.69, 9.17) is 49.5 Å². The molecule has 12 aromatic rings. The summed E-state index contributed by atoms with van der Waals surface area (Å²) in [6, 6.07) is 42.4. The number of amides is 4. The predicted molar refractivity (Wildman–Crippen MR) is 406 cm³/mol. The second-order valence-corrected chi connectivity index (χ2v) is 27.2. The molecule has 4 aliphatic rings. The standard InChI is InChI=1S/C20H13BrF2N2O3.C20H14BrFN2O3.C19H14BrN3O3.C18H11BrClN3O3/c1-10-4-14(22)19(15(23)5-10)20(26)25-18-3-2-11(8-24-18)12-6-16-17(7-13(12)21)28-9-27-16;1-11-2-4-13(16(22)6-11)20(25)24-19-5-3-12(9-23-19)14-7-17-18(8-15(14)21)27-10-26-17;1-11-3-2-6-21-18(11)19(24)23-17-5-4-12(9-22-17)13-7-15-16(8-14(13)20)26-10-25-15;19-12-7-15-14(25-9-26-15)6-11(12)10-3-4-16(22-8-10)23-18(24)17-13(20)2-1-5-21-17/h2-8H,9H2,1H3,(H,24,25,26);2-9H,10H2,1H3,(H,23,24,25);2-9H,10H2,1H3,(H,22,23,24);1-8H,9H2,(H,22,23,24). The highest BCUT2D eigenvalue weighted by atomic mass is 79.9. The van der Waals surface area contributed by atoms with E-state index in [0.717, 1.165) is 85.7 Å². The molecule has 10 heterocycles. The maximum atomic E-state index is 14.0. The molecule has 0 radical (unpaired) electrons. The van der Waals surface area contributed by atoms with Crippen LogP contribution in [-0.4, -0.2) is 80.7 Å². The van der Waals surface area contributed by atoms with Crippen LogP contribution >= 0.6 is 75.3 Å². The summed E-state index contributed by atoms with van der Waals surface area (Å²) >= 11 is 20.1. The van der Waals surface area contributed by atoms with Gasteiger partial charge in [-0.05, 0) is 177 Å². The number of rotatable bonds is 12. The number of nitrogens with zero attached hydrogens (tertiary/aromatic N) is 6. The Morgan fingerprint density at radius 2 is 0.692 bits per heavy atom. The van der Waals surface area contributed by atoms with E-state index in [0.29, 0.717) is 74.7 Å². The Morgan fingerprint density at radius 3 is 1.04 bits per heavy atom. The first-order valence-electron chi connectivity index (χ1n) is 31.9. The van der Waals surface area contributed by atoms with Crippen LogP contribution in [0.25, 0.3) is 44.5 Å². The van der Waals surface area contributed by atoms with Gasteiger partial charge in [0.15, 0.2) is 46.0 Å². The molecule has 0 saturated heterocycles. The first kappa shape index (κ1) is 73.8. The quantitative estimate of drug-likeness (QED) is 0.0885. The summed E-state index contributed by atoms with van der Waals surface area (Å²) in [5.74, 6) is 2.23. The van der Waals surface area contributed by atoms with Gasteiger partial charge in [-0.25, -0.2) is 38.1 Å². The number of hydrogen-bond donors (Lipinski definition) is 4. The molecule has 0 fully saturated rings. The van der Waals surface area contributed by atoms with E-state index < -0.39 is 40.7 Å². The molecule has 0 unspecified atom stereocenters. The number of anilines is 4. The lowest BCUT2D eigenvalue weighted by Crippen LogP contribution is -2.16. The van der Waals surface area contributed by atoms with Crippen LogP contribution in [0.3, 0.4) is 0 Å². The first-order chi connectivity index (χ1) is 51.7. The second-order valence-electron chi connectivity index (χ2n) is 23.4. The van der Waals surface area contributed by atoms with E-state index in [9.17, 15) is 32.3 Å². The third kappa shape index (κ3) is 17.4. The van der Waals surface area contributed by atoms with E-state index in [1.54, 1.807) is 105 Å². The van der Waals surface area contributed by atoms with Crippen molar-refractivity contribution in [3.8, 4) is 90.5 Å². The number of aryl methyl sites for hydroxylation is 3. The number of pyridine rings is 6. The third-order valence-electron chi connectivity index (χ3n) is 16.1. The summed E-state index contributed by atoms with van der Waals surface area (Å²) < 4.78 is 88.2. The molecule has 16 rings (SSSR count). The van der Waals surface area contributed by atoms with Crippen LogP contribution in [0.15, 0.2) is 207 Å². The number of carbonyl (C=O) groups is 4. The van der Waals surface area contributed by atoms with Crippen LogP contribution < -0.4 is 59.2 Å². The van der Waals surface area contributed by atoms with Crippen molar-refractivity contribution >= 4 is 122 Å². The van der Waals surface area contributed by atoms with Gasteiger partial charge in [-0.15, -0.1) is 0 Å². The molecule has 4 N–H and O–H groups in total. The molecule has 6 aromatic heterocycles. The van der Waals surface area contributed by atoms with Crippen molar-refractivity contribution in [2.75, 3.05) is 48.4 Å². The third-order valence-corrected chi connectivity index (χ3v) is 19.0. The normalized spacial score (nSPS) is 12.1. The van der Waals surface area contributed by atoms with Gasteiger partial charge < -0.3 is 59.2 Å². The highest BCUT2D eigenvalue weighted by Crippen LogP contribution is 2.45. The maximum absolute atomic E-state index is 14.0. The molecular weight excluding hydrogens is 1670 g/mol. The van der Waals surface area contributed by atoms with Gasteiger partial charge in [0.25, 0.3) is 23.6 Å². The Bertz CT molecular complexity index is 5270. The summed E-state index contributed by atoms with van der Waals surface area (Å²) in [4.78, 5) is 74.2. The van der Waals surface area contributed by atoms with Crippen LogP contribution in [0.1, 0.15) is 58.4 Å². The van der Waals surface area contributed by atoms with Crippen molar-refractivity contribution < 1.29 is 70.2 Å². The van der Waals surface area contributed by atoms with Crippen molar-refractivity contribution in [1.29, 1.82) is 0 Å². The summed E-state index contributed by atoms with van der Waals surface area (Å²) in [6.07, 6.45) is 9.63. The zero-order chi connectivity index (χ0) is 75.0. The van der Waals surface area contributed by atoms with Gasteiger partial charge in [-0.3, -0.25) is 24.2 Å². The van der Waals surface area contributed by atoms with Gasteiger partial charge in [-0.2, -0.15) is 0 Å². The minimum Gasteiger partial charge on any atom is -0.454 e. The minimum atomic E-state index is -0.920. The average Bonchev–Trinajstić information content (AvgIpc) is 1.78. The van der Waals surface area contributed by atoms with Gasteiger partial charge in [0.05, 0.1) is 10.6 Å². The molecule has 0 saturated carbocycles. The van der Waals surface area contributed by atoms with Gasteiger partial charge in [-0.1, -0.05) is 87.5 Å². The highest BCUT2D eigenvalue weighted by molar-refractivity contribution is 9.11. The minimum absolute atomic E-state index is 0.0232. The number of halogens is 8. The van der Waals surface area contributed by atoms with Crippen LogP contribution in [0.5, 0.6) is 46.0 Å². The summed E-state index contributed by atoms with van der Waals surface area (Å²) in [5.41, 5.74) is 8.72. The van der Waals surface area contributed by atoms with E-state index >= 15 is 0 Å². The van der Waals surface area contributed by atoms with Gasteiger partial charge >= 0.3 is 0 Å². The average molecular weight is 1720 g/mol. The van der Waals surface area contributed by atoms with Crippen molar-refractivity contribution in [2.45, 2.75) is 20.8 Å². The van der Waals surface area contributed by atoms with E-state index in [1.807, 2.05) is 73.7 Å². The van der Waals surface area contributed by atoms with E-state index in [1.165, 1.54) is 18.3 Å². The number of ether oxygens (including phenoxy) is 8. The molecule has 22 nitrogen and oxygen atoms in total. The predicted octanol–water partition coefficient (Wildman–Crippen LogP) is 18.8. The molecule has 4 amide bonds. The molecule has 538 valence electrons. The van der Waals surface area contributed by atoms with Crippen molar-refractivity contribution in [3.05, 3.63) is 268 Å². The van der Waals surface area contributed by atoms with Crippen LogP contribution in [0.4, 0.5) is 36.4 Å². The van der Waals surface area contributed by atoms with Crippen molar-refractivity contribution in [2.24, 2.45) is 0 Å². The second kappa shape index (κ2) is 32.9. The number of fused-ring (bicyclic) bond motifs is 4. The number of carbonyl (C=O) groups excluding carboxylic acids is 4. The Kier molecular flexibility index (Phi) is 22.7. The Balaban J connectivity index is 0.000000126. The number of aromatic nitrogens is 6. The topological polar surface area (TPSA) is 268 Å². The fraction of sp³-hybridized carbons (Fsp3) is 0.0909. The van der Waals surface area contributed by atoms with Crippen LogP contribution in [-0.2, 0) is 0 Å². The lowest BCUT2D eigenvalue weighted by atomic mass is 10.1. The molecule has 0 aliphatic carbocycles. The summed E-state index contributed by atoms with van der Waals surface area (Å²) in [6.45, 7) is 5.95. The summed E-state index contributed by atoms with van der Waals surface area (Å²) in [7, 11) is 0. The van der Waals surface area contributed by atoms with Gasteiger partial charge in [0.1, 0.15) is 57.7 Å². The first-order valence-corrected chi connectivity index (χ1v) is 35.4. The smallest absolute Gasteiger partial charge is 0.276 e. The zero-order valence-electron chi connectivity index (χ0n) is 55.8. The fourth-order valence-electron chi connectivity index (χ4n) is 10.8. The van der Waals surface area contributed by atoms with Crippen LogP contribution in [0.2, 0.25) is 5.02 Å². The Hall–Kier alpha value is -11.5. The Morgan fingerprint density at radius 1 is 0.364 bits per heavy atom. The fourth-order valence-corrected chi connectivity index (χ4v) is 13.2. The van der Waals surface area contributed by atoms with Crippen LogP contribution in [0, 0.1) is 38.2 Å². The molecule has 4 aliphatic heterocycles. The van der Waals surface area contributed by atoms with Crippen molar-refractivity contribution in [3.63, 3.8) is 0 Å². The molecule has 107 heavy (non-hydrogen) atoms. The maximum Gasteiger partial charge on any atom is 0.276 e. The molecule has 0 spiro atoms. The number of hydrogen-bond acceptors (Lipinski definition) is 18. The molecule has 30 heteroatoms. The largest absolute Gasteiger partial charge is 0.454 e. The molecule has 6 aromatic carbocycles. The molecule has 0 atom stereocenters. The Labute approximate surface area is 645 Å². The SMILES string of the molecule is Cc1cc(F)c(C(=O)Nc2ccc(-c3cc4c(cc3Br)OCO4)cn2)c(F)c1.Cc1ccc(C(=O)Nc2ccc(-c3cc4c(cc3Br)OCO4)cn2)c(F)c1.Cc1cccnc1C(=O)Nc1ccc(-c2cc3c(cc2Br)OCO3)cn1.O=C(Nc1ccc(-c2cc3c(cc2Br)OCO3)cn1)c1ncccc1Cl. The highest BCUT2D eigenvalue weighted by Gasteiger charge is 2.25. The number of benzene rings is 6. The zero-order valence-corrected chi connectivity index (χ0v) is 62.9. The lowest BCUT2D eigenvalue weighted by Gasteiger charge is -2.09. The summed E-state index contributed by atoms with van der Waals surface area (Å²) in [5, 5.41) is 10.7. The molecular formula is C77H52Br4ClF3N10O12. The van der Waals surface area contributed by atoms with E-state index in [-0.39, 0.29) is 55.2 Å².